The third-order valence-electron chi connectivity index (χ3n) is 3.46. The van der Waals surface area contributed by atoms with Crippen LogP contribution in [0.2, 0.25) is 0 Å². The van der Waals surface area contributed by atoms with Gasteiger partial charge in [0.05, 0.1) is 0 Å². The Hall–Kier alpha value is -1.90. The van der Waals surface area contributed by atoms with Crippen LogP contribution in [0, 0.1) is 12.7 Å². The molecule has 20 heavy (non-hydrogen) atoms. The average Bonchev–Trinajstić information content (AvgIpc) is 2.76. The van der Waals surface area contributed by atoms with Gasteiger partial charge in [-0.3, -0.25) is 4.79 Å². The molecule has 2 nitrogen and oxygen atoms in total. The number of Topliss-reactive ketones (excluding diaryl/α,β-unsaturated/α-hetero) is 1. The van der Waals surface area contributed by atoms with Gasteiger partial charge in [-0.15, -0.1) is 6.58 Å². The fourth-order valence-corrected chi connectivity index (χ4v) is 2.32. The summed E-state index contributed by atoms with van der Waals surface area (Å²) in [6.07, 6.45) is 6.25. The topological polar surface area (TPSA) is 30.2 Å². The number of unbranched alkanes of at least 4 members (excludes halogenated alkanes) is 3. The molecular weight excluding hydrogens is 255 g/mol. The highest BCUT2D eigenvalue weighted by molar-refractivity contribution is 6.00. The molecule has 0 bridgehead atoms. The van der Waals surface area contributed by atoms with Gasteiger partial charge in [-0.2, -0.15) is 0 Å². The van der Waals surface area contributed by atoms with Gasteiger partial charge < -0.3 is 4.42 Å². The van der Waals surface area contributed by atoms with Crippen molar-refractivity contribution in [2.45, 2.75) is 39.0 Å². The first-order valence-corrected chi connectivity index (χ1v) is 6.96. The highest BCUT2D eigenvalue weighted by Gasteiger charge is 2.17. The molecule has 0 atom stereocenters. The number of halogens is 1. The Kier molecular flexibility index (Phi) is 4.72. The molecule has 0 spiro atoms. The second-order valence-electron chi connectivity index (χ2n) is 5.01. The van der Waals surface area contributed by atoms with Gasteiger partial charge in [-0.1, -0.05) is 12.5 Å². The van der Waals surface area contributed by atoms with Gasteiger partial charge in [0, 0.05) is 17.4 Å². The number of hydrogen-bond donors (Lipinski definition) is 0. The van der Waals surface area contributed by atoms with Crippen molar-refractivity contribution in [1.29, 1.82) is 0 Å². The van der Waals surface area contributed by atoms with Gasteiger partial charge in [0.25, 0.3) is 0 Å². The molecule has 3 heteroatoms. The van der Waals surface area contributed by atoms with E-state index in [1.54, 1.807) is 13.0 Å². The van der Waals surface area contributed by atoms with Crippen LogP contribution in [0.3, 0.4) is 0 Å². The van der Waals surface area contributed by atoms with E-state index in [-0.39, 0.29) is 11.6 Å². The van der Waals surface area contributed by atoms with Crippen molar-refractivity contribution in [3.63, 3.8) is 0 Å². The summed E-state index contributed by atoms with van der Waals surface area (Å²) in [5.74, 6) is 0.0526. The molecule has 0 N–H and O–H groups in total. The molecule has 1 heterocycles. The van der Waals surface area contributed by atoms with Crippen molar-refractivity contribution < 1.29 is 13.6 Å². The average molecular weight is 274 g/mol. The third kappa shape index (κ3) is 3.16. The van der Waals surface area contributed by atoms with Gasteiger partial charge >= 0.3 is 0 Å². The fraction of sp³-hybridized carbons (Fsp3) is 0.353. The predicted molar refractivity (Wildman–Crippen MR) is 78.5 cm³/mol. The Morgan fingerprint density at radius 1 is 1.35 bits per heavy atom. The summed E-state index contributed by atoms with van der Waals surface area (Å²) in [5.41, 5.74) is 1.30. The summed E-state index contributed by atoms with van der Waals surface area (Å²) in [7, 11) is 0. The van der Waals surface area contributed by atoms with E-state index in [2.05, 4.69) is 6.58 Å². The number of benzene rings is 1. The molecule has 0 amide bonds. The number of carbonyl (C=O) groups is 1. The predicted octanol–water partition coefficient (Wildman–Crippen LogP) is 5.20. The van der Waals surface area contributed by atoms with Gasteiger partial charge in [0.1, 0.15) is 11.4 Å². The van der Waals surface area contributed by atoms with Crippen LogP contribution >= 0.6 is 0 Å². The number of allylic oxidation sites excluding steroid dienone is 1. The van der Waals surface area contributed by atoms with E-state index in [9.17, 15) is 9.18 Å². The zero-order valence-electron chi connectivity index (χ0n) is 11.7. The number of furan rings is 1. The van der Waals surface area contributed by atoms with Crippen molar-refractivity contribution in [3.8, 4) is 0 Å². The lowest BCUT2D eigenvalue weighted by atomic mass is 10.1. The highest BCUT2D eigenvalue weighted by atomic mass is 19.1. The maximum Gasteiger partial charge on any atom is 0.198 e. The van der Waals surface area contributed by atoms with Crippen LogP contribution in [0.1, 0.15) is 48.2 Å². The number of rotatable bonds is 7. The zero-order valence-corrected chi connectivity index (χ0v) is 11.7. The Morgan fingerprint density at radius 2 is 2.15 bits per heavy atom. The summed E-state index contributed by atoms with van der Waals surface area (Å²) in [6.45, 7) is 5.47. The van der Waals surface area contributed by atoms with Gasteiger partial charge in [-0.05, 0) is 44.4 Å². The van der Waals surface area contributed by atoms with E-state index >= 15 is 0 Å². The Balaban J connectivity index is 2.06. The summed E-state index contributed by atoms with van der Waals surface area (Å²) in [4.78, 5) is 12.1. The number of fused-ring (bicyclic) bond motifs is 1. The van der Waals surface area contributed by atoms with Crippen LogP contribution in [-0.4, -0.2) is 5.78 Å². The SMILES string of the molecule is C=CCCCCCC(=O)c1oc2ccc(F)cc2c1C. The third-order valence-corrected chi connectivity index (χ3v) is 3.46. The van der Waals surface area contributed by atoms with E-state index in [1.165, 1.54) is 12.1 Å². The first kappa shape index (κ1) is 14.5. The van der Waals surface area contributed by atoms with E-state index in [1.807, 2.05) is 6.08 Å². The maximum absolute atomic E-state index is 13.2. The lowest BCUT2D eigenvalue weighted by Crippen LogP contribution is -1.99. The molecule has 1 aromatic carbocycles. The van der Waals surface area contributed by atoms with Crippen LogP contribution < -0.4 is 0 Å². The summed E-state index contributed by atoms with van der Waals surface area (Å²) < 4.78 is 18.8. The number of aryl methyl sites for hydroxylation is 1. The molecule has 106 valence electrons. The van der Waals surface area contributed by atoms with Crippen molar-refractivity contribution in [2.75, 3.05) is 0 Å². The van der Waals surface area contributed by atoms with Crippen molar-refractivity contribution in [3.05, 3.63) is 48.0 Å². The fourth-order valence-electron chi connectivity index (χ4n) is 2.32. The van der Waals surface area contributed by atoms with Crippen molar-refractivity contribution in [1.82, 2.24) is 0 Å². The van der Waals surface area contributed by atoms with Crippen molar-refractivity contribution in [2.24, 2.45) is 0 Å². The first-order chi connectivity index (χ1) is 9.63. The molecule has 0 saturated carbocycles. The first-order valence-electron chi connectivity index (χ1n) is 6.96. The lowest BCUT2D eigenvalue weighted by Gasteiger charge is -1.99. The van der Waals surface area contributed by atoms with Gasteiger partial charge in [-0.25, -0.2) is 4.39 Å². The molecule has 0 aliphatic heterocycles. The van der Waals surface area contributed by atoms with E-state index < -0.39 is 0 Å². The van der Waals surface area contributed by atoms with Crippen LogP contribution in [0.5, 0.6) is 0 Å². The lowest BCUT2D eigenvalue weighted by molar-refractivity contribution is 0.0953. The molecule has 0 aliphatic rings. The van der Waals surface area contributed by atoms with Gasteiger partial charge in [0.15, 0.2) is 11.5 Å². The zero-order chi connectivity index (χ0) is 14.5. The molecule has 2 aromatic rings. The van der Waals surface area contributed by atoms with E-state index in [0.717, 1.165) is 31.2 Å². The molecule has 0 aliphatic carbocycles. The Morgan fingerprint density at radius 3 is 2.90 bits per heavy atom. The molecule has 2 rings (SSSR count). The molecule has 0 radical (unpaired) electrons. The minimum Gasteiger partial charge on any atom is -0.453 e. The van der Waals surface area contributed by atoms with Crippen LogP contribution in [0.15, 0.2) is 35.3 Å². The largest absolute Gasteiger partial charge is 0.453 e. The summed E-state index contributed by atoms with van der Waals surface area (Å²) in [6, 6.07) is 4.32. The molecular formula is C17H19FO2. The van der Waals surface area contributed by atoms with Gasteiger partial charge in [0.2, 0.25) is 0 Å². The van der Waals surface area contributed by atoms with Crippen molar-refractivity contribution >= 4 is 16.8 Å². The maximum atomic E-state index is 13.2. The van der Waals surface area contributed by atoms with E-state index in [0.29, 0.717) is 23.2 Å². The molecule has 0 saturated heterocycles. The van der Waals surface area contributed by atoms with Crippen LogP contribution in [0.25, 0.3) is 11.0 Å². The van der Waals surface area contributed by atoms with E-state index in [4.69, 9.17) is 4.42 Å². The molecule has 1 aromatic heterocycles. The second-order valence-corrected chi connectivity index (χ2v) is 5.01. The molecule has 0 unspecified atom stereocenters. The monoisotopic (exact) mass is 274 g/mol. The Bertz CT molecular complexity index is 625. The van der Waals surface area contributed by atoms with Crippen LogP contribution in [0.4, 0.5) is 4.39 Å². The number of carbonyl (C=O) groups excluding carboxylic acids is 1. The minimum absolute atomic E-state index is 0.00212. The summed E-state index contributed by atoms with van der Waals surface area (Å²) in [5, 5.41) is 0.681. The second kappa shape index (κ2) is 6.51. The quantitative estimate of drug-likeness (QED) is 0.394. The normalized spacial score (nSPS) is 10.9. The highest BCUT2D eigenvalue weighted by Crippen LogP contribution is 2.27. The summed E-state index contributed by atoms with van der Waals surface area (Å²) >= 11 is 0. The Labute approximate surface area is 118 Å². The molecule has 0 fully saturated rings. The number of ketones is 1. The van der Waals surface area contributed by atoms with Crippen LogP contribution in [-0.2, 0) is 0 Å². The minimum atomic E-state index is -0.315. The number of hydrogen-bond acceptors (Lipinski definition) is 2. The smallest absolute Gasteiger partial charge is 0.198 e. The standard InChI is InChI=1S/C17H19FO2/c1-3-4-5-6-7-8-15(19)17-12(2)14-11-13(18)9-10-16(14)20-17/h3,9-11H,1,4-8H2,2H3.